The van der Waals surface area contributed by atoms with Crippen molar-refractivity contribution in [2.75, 3.05) is 6.61 Å². The smallest absolute Gasteiger partial charge is 0.341 e. The lowest BCUT2D eigenvalue weighted by molar-refractivity contribution is -0.139. The highest BCUT2D eigenvalue weighted by atomic mass is 16.5. The number of carboxylic acid groups (broad SMARTS) is 1. The molecule has 2 N–H and O–H groups in total. The number of aryl methyl sites for hydroxylation is 4. The molecule has 0 aliphatic carbocycles. The first-order valence-corrected chi connectivity index (χ1v) is 10.8. The Balaban J connectivity index is 1.61. The maximum atomic E-state index is 12.9. The first kappa shape index (κ1) is 22.3. The van der Waals surface area contributed by atoms with Gasteiger partial charge in [0.2, 0.25) is 0 Å². The summed E-state index contributed by atoms with van der Waals surface area (Å²) in [5.74, 6) is 0.244. The second-order valence-electron chi connectivity index (χ2n) is 8.45. The van der Waals surface area contributed by atoms with E-state index in [0.29, 0.717) is 23.6 Å². The van der Waals surface area contributed by atoms with Gasteiger partial charge in [0.05, 0.1) is 11.0 Å². The normalized spacial score (nSPS) is 11.0. The lowest BCUT2D eigenvalue weighted by Crippen LogP contribution is -2.09. The Morgan fingerprint density at radius 2 is 1.64 bits per heavy atom. The van der Waals surface area contributed by atoms with Gasteiger partial charge in [0.15, 0.2) is 12.4 Å². The number of aromatic nitrogens is 2. The summed E-state index contributed by atoms with van der Waals surface area (Å²) >= 11 is 0. The predicted octanol–water partition coefficient (Wildman–Crippen LogP) is 5.35. The van der Waals surface area contributed by atoms with Crippen LogP contribution in [-0.2, 0) is 11.2 Å². The van der Waals surface area contributed by atoms with Crippen LogP contribution in [0.5, 0.6) is 5.75 Å². The van der Waals surface area contributed by atoms with Crippen LogP contribution in [0.2, 0.25) is 0 Å². The summed E-state index contributed by atoms with van der Waals surface area (Å²) in [6.45, 7) is 7.59. The number of aromatic amines is 1. The molecule has 0 amide bonds. The van der Waals surface area contributed by atoms with E-state index in [1.807, 2.05) is 44.2 Å². The van der Waals surface area contributed by atoms with Gasteiger partial charge in [-0.25, -0.2) is 9.78 Å². The van der Waals surface area contributed by atoms with Gasteiger partial charge in [0, 0.05) is 17.5 Å². The third-order valence-corrected chi connectivity index (χ3v) is 5.85. The van der Waals surface area contributed by atoms with E-state index in [2.05, 4.69) is 24.9 Å². The SMILES string of the molecule is Cc1ccc(CC(=O)c2ccc3nc(-c4c(C)cc(OCC(=O)O)cc4C)[nH]c3c2)cc1C. The number of nitrogens with one attached hydrogen (secondary N) is 1. The number of fused-ring (bicyclic) bond motifs is 1. The van der Waals surface area contributed by atoms with Crippen molar-refractivity contribution in [2.45, 2.75) is 34.1 Å². The molecule has 1 aromatic heterocycles. The molecule has 0 aliphatic heterocycles. The number of carbonyl (C=O) groups is 2. The largest absolute Gasteiger partial charge is 0.482 e. The third-order valence-electron chi connectivity index (χ3n) is 5.85. The second kappa shape index (κ2) is 8.90. The van der Waals surface area contributed by atoms with Crippen molar-refractivity contribution in [1.29, 1.82) is 0 Å². The molecule has 4 rings (SSSR count). The van der Waals surface area contributed by atoms with Gasteiger partial charge < -0.3 is 14.8 Å². The summed E-state index contributed by atoms with van der Waals surface area (Å²) in [6, 6.07) is 15.2. The van der Waals surface area contributed by atoms with Crippen molar-refractivity contribution in [3.05, 3.63) is 81.9 Å². The highest BCUT2D eigenvalue weighted by Crippen LogP contribution is 2.31. The van der Waals surface area contributed by atoms with Gasteiger partial charge in [-0.2, -0.15) is 0 Å². The zero-order valence-corrected chi connectivity index (χ0v) is 19.2. The number of nitrogens with zero attached hydrogens (tertiary/aromatic N) is 1. The standard InChI is InChI=1S/C27H26N2O4/c1-15-5-6-19(9-16(15)2)12-24(30)20-7-8-22-23(13-20)29-27(28-22)26-17(3)10-21(11-18(26)4)33-14-25(31)32/h5-11,13H,12,14H2,1-4H3,(H,28,29)(H,31,32). The number of Topliss-reactive ketones (excluding diaryl/α,β-unsaturated/α-hetero) is 1. The zero-order valence-electron chi connectivity index (χ0n) is 19.2. The van der Waals surface area contributed by atoms with E-state index < -0.39 is 5.97 Å². The number of imidazole rings is 1. The first-order chi connectivity index (χ1) is 15.7. The zero-order chi connectivity index (χ0) is 23.7. The number of carbonyl (C=O) groups excluding carboxylic acids is 1. The van der Waals surface area contributed by atoms with Crippen LogP contribution in [0.3, 0.4) is 0 Å². The van der Waals surface area contributed by atoms with E-state index in [4.69, 9.17) is 14.8 Å². The molecular formula is C27H26N2O4. The van der Waals surface area contributed by atoms with Crippen molar-refractivity contribution in [2.24, 2.45) is 0 Å². The fourth-order valence-electron chi connectivity index (χ4n) is 4.03. The molecule has 3 aromatic carbocycles. The summed E-state index contributed by atoms with van der Waals surface area (Å²) in [7, 11) is 0. The molecule has 0 spiro atoms. The number of hydrogen-bond donors (Lipinski definition) is 2. The average molecular weight is 443 g/mol. The number of aliphatic carboxylic acids is 1. The van der Waals surface area contributed by atoms with Crippen LogP contribution in [0.25, 0.3) is 22.4 Å². The van der Waals surface area contributed by atoms with Crippen molar-refractivity contribution >= 4 is 22.8 Å². The van der Waals surface area contributed by atoms with Gasteiger partial charge in [0.25, 0.3) is 0 Å². The maximum absolute atomic E-state index is 12.9. The number of carboxylic acids is 1. The Kier molecular flexibility index (Phi) is 6.01. The van der Waals surface area contributed by atoms with Gasteiger partial charge in [-0.3, -0.25) is 4.79 Å². The summed E-state index contributed by atoms with van der Waals surface area (Å²) in [5, 5.41) is 8.83. The monoisotopic (exact) mass is 442 g/mol. The fourth-order valence-corrected chi connectivity index (χ4v) is 4.03. The third kappa shape index (κ3) is 4.80. The van der Waals surface area contributed by atoms with Crippen LogP contribution in [0.4, 0.5) is 0 Å². The van der Waals surface area contributed by atoms with Gasteiger partial charge in [0.1, 0.15) is 11.6 Å². The van der Waals surface area contributed by atoms with E-state index in [1.54, 1.807) is 12.1 Å². The molecule has 0 fully saturated rings. The molecule has 1 heterocycles. The molecule has 0 saturated carbocycles. The summed E-state index contributed by atoms with van der Waals surface area (Å²) < 4.78 is 5.32. The summed E-state index contributed by atoms with van der Waals surface area (Å²) in [4.78, 5) is 31.7. The highest BCUT2D eigenvalue weighted by Gasteiger charge is 2.15. The molecule has 0 radical (unpaired) electrons. The van der Waals surface area contributed by atoms with Gasteiger partial charge >= 0.3 is 5.97 Å². The predicted molar refractivity (Wildman–Crippen MR) is 128 cm³/mol. The van der Waals surface area contributed by atoms with Crippen molar-refractivity contribution in [3.63, 3.8) is 0 Å². The number of benzene rings is 3. The van der Waals surface area contributed by atoms with E-state index in [9.17, 15) is 9.59 Å². The molecule has 0 aliphatic rings. The Hall–Kier alpha value is -3.93. The first-order valence-electron chi connectivity index (χ1n) is 10.8. The number of H-pyrrole nitrogens is 1. The molecule has 6 nitrogen and oxygen atoms in total. The minimum atomic E-state index is -1.02. The van der Waals surface area contributed by atoms with Crippen LogP contribution >= 0.6 is 0 Å². The Morgan fingerprint density at radius 3 is 2.30 bits per heavy atom. The van der Waals surface area contributed by atoms with Gasteiger partial charge in [-0.05, 0) is 85.8 Å². The molecule has 33 heavy (non-hydrogen) atoms. The van der Waals surface area contributed by atoms with E-state index >= 15 is 0 Å². The fraction of sp³-hybridized carbons (Fsp3) is 0.222. The van der Waals surface area contributed by atoms with E-state index in [-0.39, 0.29) is 12.4 Å². The number of ether oxygens (including phenoxy) is 1. The number of rotatable bonds is 7. The van der Waals surface area contributed by atoms with Crippen molar-refractivity contribution < 1.29 is 19.4 Å². The summed E-state index contributed by atoms with van der Waals surface area (Å²) in [6.07, 6.45) is 0.351. The quantitative estimate of drug-likeness (QED) is 0.376. The Morgan fingerprint density at radius 1 is 0.909 bits per heavy atom. The summed E-state index contributed by atoms with van der Waals surface area (Å²) in [5.41, 5.74) is 8.37. The molecule has 4 aromatic rings. The van der Waals surface area contributed by atoms with Gasteiger partial charge in [-0.1, -0.05) is 18.2 Å². The van der Waals surface area contributed by atoms with Crippen molar-refractivity contribution in [1.82, 2.24) is 9.97 Å². The van der Waals surface area contributed by atoms with Gasteiger partial charge in [-0.15, -0.1) is 0 Å². The van der Waals surface area contributed by atoms with Crippen LogP contribution in [0.15, 0.2) is 48.5 Å². The highest BCUT2D eigenvalue weighted by molar-refractivity contribution is 6.00. The lowest BCUT2D eigenvalue weighted by atomic mass is 9.99. The lowest BCUT2D eigenvalue weighted by Gasteiger charge is -2.11. The van der Waals surface area contributed by atoms with E-state index in [0.717, 1.165) is 33.3 Å². The molecule has 0 atom stereocenters. The van der Waals surface area contributed by atoms with Crippen LogP contribution < -0.4 is 4.74 Å². The maximum Gasteiger partial charge on any atom is 0.341 e. The number of hydrogen-bond acceptors (Lipinski definition) is 4. The molecule has 6 heteroatoms. The minimum Gasteiger partial charge on any atom is -0.482 e. The average Bonchev–Trinajstić information content (AvgIpc) is 3.17. The van der Waals surface area contributed by atoms with Crippen molar-refractivity contribution in [3.8, 4) is 17.1 Å². The van der Waals surface area contributed by atoms with Crippen LogP contribution in [-0.4, -0.2) is 33.4 Å². The topological polar surface area (TPSA) is 92.3 Å². The van der Waals surface area contributed by atoms with E-state index in [1.165, 1.54) is 11.1 Å². The molecule has 168 valence electrons. The molecule has 0 unspecified atom stereocenters. The Bertz CT molecular complexity index is 1360. The molecule has 0 bridgehead atoms. The van der Waals surface area contributed by atoms with Crippen LogP contribution in [0.1, 0.15) is 38.2 Å². The number of ketones is 1. The minimum absolute atomic E-state index is 0.0589. The molecule has 0 saturated heterocycles. The molecular weight excluding hydrogens is 416 g/mol. The Labute approximate surface area is 192 Å². The van der Waals surface area contributed by atoms with Crippen LogP contribution in [0, 0.1) is 27.7 Å². The second-order valence-corrected chi connectivity index (χ2v) is 8.45.